The van der Waals surface area contributed by atoms with Crippen molar-refractivity contribution >= 4 is 46.5 Å². The van der Waals surface area contributed by atoms with Crippen molar-refractivity contribution in [2.24, 2.45) is 4.99 Å². The van der Waals surface area contributed by atoms with Gasteiger partial charge >= 0.3 is 5.97 Å². The molecule has 27 heavy (non-hydrogen) atoms. The number of aliphatic imine (C=N–C) groups is 1. The normalized spacial score (nSPS) is 15.0. The lowest BCUT2D eigenvalue weighted by Crippen LogP contribution is -2.32. The molecule has 2 amide bonds. The molecule has 2 heterocycles. The topological polar surface area (TPSA) is 89.2 Å². The Hall–Kier alpha value is -3.13. The van der Waals surface area contributed by atoms with Crippen LogP contribution in [0.4, 0.5) is 5.69 Å². The molecule has 138 valence electrons. The molecule has 0 aliphatic carbocycles. The fraction of sp³-hybridized carbons (Fsp3) is 0.158. The molecule has 8 heteroatoms. The summed E-state index contributed by atoms with van der Waals surface area (Å²) in [6.45, 7) is 3.04. The van der Waals surface area contributed by atoms with Gasteiger partial charge in [-0.05, 0) is 36.9 Å². The van der Waals surface area contributed by atoms with Crippen molar-refractivity contribution in [3.63, 3.8) is 0 Å². The van der Waals surface area contributed by atoms with Crippen LogP contribution in [0, 0.1) is 6.92 Å². The number of methoxy groups -OCH3 is 1. The molecule has 1 aromatic carbocycles. The van der Waals surface area contributed by atoms with Crippen LogP contribution in [0.3, 0.4) is 0 Å². The molecular weight excluding hydrogens is 368 g/mol. The Kier molecular flexibility index (Phi) is 5.27. The highest BCUT2D eigenvalue weighted by atomic mass is 32.2. The number of aryl methyl sites for hydroxylation is 1. The van der Waals surface area contributed by atoms with Gasteiger partial charge in [0.2, 0.25) is 5.91 Å². The minimum absolute atomic E-state index is 0.261. The van der Waals surface area contributed by atoms with Crippen LogP contribution in [0.15, 0.2) is 50.7 Å². The number of benzene rings is 1. The predicted octanol–water partition coefficient (Wildman–Crippen LogP) is 3.40. The van der Waals surface area contributed by atoms with Crippen LogP contribution >= 0.6 is 11.8 Å². The van der Waals surface area contributed by atoms with Gasteiger partial charge in [-0.15, -0.1) is 0 Å². The summed E-state index contributed by atoms with van der Waals surface area (Å²) in [6, 6.07) is 10.4. The van der Waals surface area contributed by atoms with Crippen molar-refractivity contribution in [1.29, 1.82) is 0 Å². The Morgan fingerprint density at radius 1 is 1.26 bits per heavy atom. The van der Waals surface area contributed by atoms with Crippen LogP contribution in [-0.4, -0.2) is 30.1 Å². The van der Waals surface area contributed by atoms with E-state index in [4.69, 9.17) is 4.42 Å². The van der Waals surface area contributed by atoms with E-state index in [-0.39, 0.29) is 21.5 Å². The number of ether oxygens (including phenoxy) is 1. The minimum atomic E-state index is -0.518. The van der Waals surface area contributed by atoms with Gasteiger partial charge in [0.25, 0.3) is 5.91 Å². The van der Waals surface area contributed by atoms with Crippen LogP contribution in [-0.2, 0) is 14.3 Å². The van der Waals surface area contributed by atoms with E-state index in [9.17, 15) is 14.4 Å². The molecule has 1 aliphatic rings. The quantitative estimate of drug-likeness (QED) is 0.595. The number of amidine groups is 1. The first-order valence-corrected chi connectivity index (χ1v) is 8.79. The summed E-state index contributed by atoms with van der Waals surface area (Å²) in [6.07, 6.45) is 1.49. The lowest BCUT2D eigenvalue weighted by Gasteiger charge is -2.19. The van der Waals surface area contributed by atoms with Crippen LogP contribution in [0.1, 0.15) is 28.8 Å². The van der Waals surface area contributed by atoms with Crippen LogP contribution in [0.25, 0.3) is 6.08 Å². The van der Waals surface area contributed by atoms with Gasteiger partial charge in [-0.2, -0.15) is 4.99 Å². The van der Waals surface area contributed by atoms with E-state index in [1.807, 2.05) is 6.07 Å². The number of furan rings is 1. The monoisotopic (exact) mass is 384 g/mol. The van der Waals surface area contributed by atoms with Crippen LogP contribution < -0.4 is 4.90 Å². The average Bonchev–Trinajstić information content (AvgIpc) is 3.18. The summed E-state index contributed by atoms with van der Waals surface area (Å²) in [4.78, 5) is 41.7. The molecule has 0 radical (unpaired) electrons. The van der Waals surface area contributed by atoms with Gasteiger partial charge in [0.15, 0.2) is 5.17 Å². The smallest absolute Gasteiger partial charge is 0.341 e. The molecule has 7 nitrogen and oxygen atoms in total. The van der Waals surface area contributed by atoms with Gasteiger partial charge in [-0.3, -0.25) is 14.5 Å². The third kappa shape index (κ3) is 3.85. The van der Waals surface area contributed by atoms with Crippen molar-refractivity contribution < 1.29 is 23.5 Å². The highest BCUT2D eigenvalue weighted by molar-refractivity contribution is 8.19. The number of esters is 1. The Morgan fingerprint density at radius 2 is 1.96 bits per heavy atom. The fourth-order valence-electron chi connectivity index (χ4n) is 2.52. The lowest BCUT2D eigenvalue weighted by atomic mass is 10.2. The number of nitrogens with zero attached hydrogens (tertiary/aromatic N) is 2. The van der Waals surface area contributed by atoms with Crippen molar-refractivity contribution in [3.05, 3.63) is 58.4 Å². The summed E-state index contributed by atoms with van der Waals surface area (Å²) < 4.78 is 10.2. The molecule has 0 bridgehead atoms. The number of carbonyl (C=O) groups is 3. The molecule has 3 rings (SSSR count). The molecular formula is C19H16N2O5S. The highest BCUT2D eigenvalue weighted by Crippen LogP contribution is 2.33. The second-order valence-corrected chi connectivity index (χ2v) is 6.62. The number of carbonyl (C=O) groups excluding carboxylic acids is 3. The summed E-state index contributed by atoms with van der Waals surface area (Å²) in [5, 5.41) is 0.265. The van der Waals surface area contributed by atoms with Crippen molar-refractivity contribution in [1.82, 2.24) is 0 Å². The van der Waals surface area contributed by atoms with Gasteiger partial charge in [0.1, 0.15) is 17.1 Å². The number of anilines is 1. The Balaban J connectivity index is 1.88. The number of amides is 2. The predicted molar refractivity (Wildman–Crippen MR) is 102 cm³/mol. The SMILES string of the molecule is COC(=O)c1cc(C=C2SC(N(C(C)=O)c3ccccc3)=NC2=O)oc1C. The third-order valence-corrected chi connectivity index (χ3v) is 4.71. The molecule has 0 atom stereocenters. The number of rotatable bonds is 3. The second-order valence-electron chi connectivity index (χ2n) is 5.61. The largest absolute Gasteiger partial charge is 0.465 e. The maximum atomic E-state index is 12.3. The third-order valence-electron chi connectivity index (χ3n) is 3.75. The zero-order valence-electron chi connectivity index (χ0n) is 14.9. The van der Waals surface area contributed by atoms with E-state index >= 15 is 0 Å². The highest BCUT2D eigenvalue weighted by Gasteiger charge is 2.29. The minimum Gasteiger partial charge on any atom is -0.465 e. The molecule has 2 aromatic rings. The Labute approximate surface area is 159 Å². The zero-order chi connectivity index (χ0) is 19.6. The number of hydrogen-bond acceptors (Lipinski definition) is 6. The van der Waals surface area contributed by atoms with Gasteiger partial charge in [-0.1, -0.05) is 18.2 Å². The average molecular weight is 384 g/mol. The van der Waals surface area contributed by atoms with E-state index < -0.39 is 11.9 Å². The van der Waals surface area contributed by atoms with Gasteiger partial charge < -0.3 is 9.15 Å². The molecule has 1 aliphatic heterocycles. The van der Waals surface area contributed by atoms with Crippen molar-refractivity contribution in [3.8, 4) is 0 Å². The second kappa shape index (κ2) is 7.63. The fourth-order valence-corrected chi connectivity index (χ4v) is 3.47. The van der Waals surface area contributed by atoms with E-state index in [1.165, 1.54) is 31.1 Å². The van der Waals surface area contributed by atoms with E-state index in [0.717, 1.165) is 11.8 Å². The van der Waals surface area contributed by atoms with Crippen molar-refractivity contribution in [2.45, 2.75) is 13.8 Å². The molecule has 0 unspecified atom stereocenters. The standard InChI is InChI=1S/C19H16N2O5S/c1-11-15(18(24)25-3)9-14(26-11)10-16-17(23)20-19(27-16)21(12(2)22)13-7-5-4-6-8-13/h4-10H,1-3H3. The van der Waals surface area contributed by atoms with E-state index in [2.05, 4.69) is 9.73 Å². The molecule has 0 saturated heterocycles. The summed E-state index contributed by atoms with van der Waals surface area (Å²) >= 11 is 1.06. The Bertz CT molecular complexity index is 975. The van der Waals surface area contributed by atoms with E-state index in [1.54, 1.807) is 31.2 Å². The van der Waals surface area contributed by atoms with E-state index in [0.29, 0.717) is 17.2 Å². The number of para-hydroxylation sites is 1. The van der Waals surface area contributed by atoms with Crippen molar-refractivity contribution in [2.75, 3.05) is 12.0 Å². The first-order valence-electron chi connectivity index (χ1n) is 7.97. The zero-order valence-corrected chi connectivity index (χ0v) is 15.7. The summed E-state index contributed by atoms with van der Waals surface area (Å²) in [5.41, 5.74) is 0.905. The Morgan fingerprint density at radius 3 is 2.59 bits per heavy atom. The number of thioether (sulfide) groups is 1. The summed E-state index contributed by atoms with van der Waals surface area (Å²) in [7, 11) is 1.28. The number of hydrogen-bond donors (Lipinski definition) is 0. The maximum absolute atomic E-state index is 12.3. The molecule has 0 spiro atoms. The first kappa shape index (κ1) is 18.7. The lowest BCUT2D eigenvalue weighted by molar-refractivity contribution is -0.115. The van der Waals surface area contributed by atoms with Gasteiger partial charge in [-0.25, -0.2) is 4.79 Å². The molecule has 0 fully saturated rings. The van der Waals surface area contributed by atoms with Gasteiger partial charge in [0, 0.05) is 13.0 Å². The maximum Gasteiger partial charge on any atom is 0.341 e. The first-order chi connectivity index (χ1) is 12.9. The molecule has 1 aromatic heterocycles. The molecule has 0 N–H and O–H groups in total. The van der Waals surface area contributed by atoms with Gasteiger partial charge in [0.05, 0.1) is 17.7 Å². The summed E-state index contributed by atoms with van der Waals surface area (Å²) in [5.74, 6) is -0.543. The van der Waals surface area contributed by atoms with Crippen LogP contribution in [0.2, 0.25) is 0 Å². The van der Waals surface area contributed by atoms with Crippen LogP contribution in [0.5, 0.6) is 0 Å². The molecule has 0 saturated carbocycles.